The van der Waals surface area contributed by atoms with Gasteiger partial charge in [-0.2, -0.15) is 0 Å². The van der Waals surface area contributed by atoms with Gasteiger partial charge in [0.05, 0.1) is 11.9 Å². The van der Waals surface area contributed by atoms with Gasteiger partial charge in [0, 0.05) is 18.7 Å². The number of aliphatic carboxylic acids is 1. The fraction of sp³-hybridized carbons (Fsp3) is 0.500. The summed E-state index contributed by atoms with van der Waals surface area (Å²) in [6, 6.07) is 4.89. The van der Waals surface area contributed by atoms with Crippen molar-refractivity contribution in [1.29, 1.82) is 0 Å². The van der Waals surface area contributed by atoms with E-state index in [2.05, 4.69) is 0 Å². The topological polar surface area (TPSA) is 95.0 Å². The molecule has 2 aliphatic heterocycles. The zero-order valence-corrected chi connectivity index (χ0v) is 14.5. The third-order valence-electron chi connectivity index (χ3n) is 4.93. The summed E-state index contributed by atoms with van der Waals surface area (Å²) in [5, 5.41) is 9.45. The third-order valence-corrected chi connectivity index (χ3v) is 6.11. The first kappa shape index (κ1) is 16.8. The quantitative estimate of drug-likeness (QED) is 0.878. The Morgan fingerprint density at radius 2 is 1.96 bits per heavy atom. The summed E-state index contributed by atoms with van der Waals surface area (Å²) in [5.41, 5.74) is 0.604. The van der Waals surface area contributed by atoms with Crippen LogP contribution in [0, 0.1) is 0 Å². The van der Waals surface area contributed by atoms with Gasteiger partial charge in [-0.15, -0.1) is 0 Å². The summed E-state index contributed by atoms with van der Waals surface area (Å²) in [6.07, 6.45) is 2.78. The number of amides is 1. The number of nitrogens with zero attached hydrogens (tertiary/aromatic N) is 2. The van der Waals surface area contributed by atoms with Crippen molar-refractivity contribution in [3.63, 3.8) is 0 Å². The number of carbonyl (C=O) groups is 2. The van der Waals surface area contributed by atoms with Crippen molar-refractivity contribution >= 4 is 27.6 Å². The molecule has 0 radical (unpaired) electrons. The second-order valence-corrected chi connectivity index (χ2v) is 8.47. The minimum Gasteiger partial charge on any atom is -0.480 e. The lowest BCUT2D eigenvalue weighted by Gasteiger charge is -2.31. The van der Waals surface area contributed by atoms with Crippen LogP contribution < -0.4 is 4.31 Å². The summed E-state index contributed by atoms with van der Waals surface area (Å²) in [7, 11) is -3.33. The van der Waals surface area contributed by atoms with E-state index in [9.17, 15) is 23.1 Å². The fourth-order valence-corrected chi connectivity index (χ4v) is 4.47. The number of rotatable bonds is 3. The summed E-state index contributed by atoms with van der Waals surface area (Å²) >= 11 is 0. The van der Waals surface area contributed by atoms with E-state index in [1.54, 1.807) is 25.1 Å². The number of carboxylic acid groups (broad SMARTS) is 1. The number of carboxylic acids is 1. The van der Waals surface area contributed by atoms with Crippen molar-refractivity contribution in [2.24, 2.45) is 0 Å². The Labute approximate surface area is 140 Å². The number of benzene rings is 1. The molecule has 1 aromatic carbocycles. The van der Waals surface area contributed by atoms with Crippen LogP contribution in [0.1, 0.15) is 35.7 Å². The molecule has 7 nitrogen and oxygen atoms in total. The lowest BCUT2D eigenvalue weighted by atomic mass is 9.98. The molecular formula is C16H20N2O5S. The van der Waals surface area contributed by atoms with E-state index in [1.807, 2.05) is 0 Å². The average Bonchev–Trinajstić information content (AvgIpc) is 3.09. The molecule has 1 N–H and O–H groups in total. The second kappa shape index (κ2) is 5.47. The van der Waals surface area contributed by atoms with Crippen molar-refractivity contribution < 1.29 is 23.1 Å². The van der Waals surface area contributed by atoms with Gasteiger partial charge in [-0.25, -0.2) is 13.2 Å². The minimum absolute atomic E-state index is 0.321. The molecule has 8 heteroatoms. The Morgan fingerprint density at radius 3 is 2.58 bits per heavy atom. The Bertz CT molecular complexity index is 820. The third kappa shape index (κ3) is 2.54. The lowest BCUT2D eigenvalue weighted by molar-refractivity contribution is -0.147. The molecule has 1 aromatic rings. The smallest absolute Gasteiger partial charge is 0.329 e. The molecule has 0 aliphatic carbocycles. The van der Waals surface area contributed by atoms with Gasteiger partial charge in [0.15, 0.2) is 0 Å². The molecule has 2 aliphatic rings. The van der Waals surface area contributed by atoms with Gasteiger partial charge < -0.3 is 10.0 Å². The van der Waals surface area contributed by atoms with Crippen LogP contribution in [0.4, 0.5) is 5.69 Å². The second-order valence-electron chi connectivity index (χ2n) is 6.57. The molecule has 2 heterocycles. The molecule has 24 heavy (non-hydrogen) atoms. The van der Waals surface area contributed by atoms with Crippen LogP contribution in [0.2, 0.25) is 0 Å². The van der Waals surface area contributed by atoms with Crippen LogP contribution in [-0.4, -0.2) is 55.2 Å². The Hall–Kier alpha value is -2.09. The fourth-order valence-electron chi connectivity index (χ4n) is 3.52. The molecule has 0 bridgehead atoms. The molecule has 0 spiro atoms. The van der Waals surface area contributed by atoms with E-state index in [-0.39, 0.29) is 5.91 Å². The van der Waals surface area contributed by atoms with Crippen molar-refractivity contribution in [3.05, 3.63) is 29.3 Å². The van der Waals surface area contributed by atoms with Crippen molar-refractivity contribution in [2.45, 2.75) is 31.7 Å². The number of sulfonamides is 1. The van der Waals surface area contributed by atoms with Gasteiger partial charge in [0.1, 0.15) is 5.54 Å². The van der Waals surface area contributed by atoms with Gasteiger partial charge in [-0.3, -0.25) is 9.10 Å². The van der Waals surface area contributed by atoms with Crippen LogP contribution >= 0.6 is 0 Å². The van der Waals surface area contributed by atoms with Gasteiger partial charge in [-0.1, -0.05) is 0 Å². The maximum Gasteiger partial charge on any atom is 0.329 e. The number of hydrogen-bond acceptors (Lipinski definition) is 4. The minimum atomic E-state index is -3.33. The molecule has 3 rings (SSSR count). The van der Waals surface area contributed by atoms with Gasteiger partial charge in [0.25, 0.3) is 5.91 Å². The highest BCUT2D eigenvalue weighted by Gasteiger charge is 2.46. The van der Waals surface area contributed by atoms with Gasteiger partial charge in [0.2, 0.25) is 10.0 Å². The summed E-state index contributed by atoms with van der Waals surface area (Å²) in [6.45, 7) is 2.34. The summed E-state index contributed by atoms with van der Waals surface area (Å²) < 4.78 is 24.9. The normalized spacial score (nSPS) is 23.4. The number of fused-ring (bicyclic) bond motifs is 1. The standard InChI is InChI=1S/C16H20N2O5S/c1-16(15(20)21)7-3-8-17(16)14(19)12-4-5-13-11(10-12)6-9-18(13)24(2,22)23/h4-5,10H,3,6-9H2,1-2H3,(H,20,21). The molecule has 0 aromatic heterocycles. The molecule has 130 valence electrons. The van der Waals surface area contributed by atoms with Crippen molar-refractivity contribution in [2.75, 3.05) is 23.7 Å². The monoisotopic (exact) mass is 352 g/mol. The van der Waals surface area contributed by atoms with Crippen molar-refractivity contribution in [3.8, 4) is 0 Å². The summed E-state index contributed by atoms with van der Waals surface area (Å²) in [4.78, 5) is 25.7. The Morgan fingerprint density at radius 1 is 1.25 bits per heavy atom. The average molecular weight is 352 g/mol. The van der Waals surface area contributed by atoms with Crippen LogP contribution in [-0.2, 0) is 21.2 Å². The Kier molecular flexibility index (Phi) is 3.82. The van der Waals surface area contributed by atoms with Crippen LogP contribution in [0.5, 0.6) is 0 Å². The van der Waals surface area contributed by atoms with Crippen molar-refractivity contribution in [1.82, 2.24) is 4.90 Å². The van der Waals surface area contributed by atoms with E-state index < -0.39 is 21.5 Å². The zero-order chi connectivity index (χ0) is 17.7. The molecule has 1 saturated heterocycles. The largest absolute Gasteiger partial charge is 0.480 e. The maximum absolute atomic E-state index is 12.8. The maximum atomic E-state index is 12.8. The van der Waals surface area contributed by atoms with Crippen LogP contribution in [0.3, 0.4) is 0 Å². The number of carbonyl (C=O) groups excluding carboxylic acids is 1. The Balaban J connectivity index is 1.92. The molecule has 1 atom stereocenters. The SMILES string of the molecule is CC1(C(=O)O)CCCN1C(=O)c1ccc2c(c1)CCN2S(C)(=O)=O. The predicted octanol–water partition coefficient (Wildman–Crippen LogP) is 1.09. The van der Waals surface area contributed by atoms with Gasteiger partial charge in [-0.05, 0) is 49.9 Å². The number of likely N-dealkylation sites (tertiary alicyclic amines) is 1. The predicted molar refractivity (Wildman–Crippen MR) is 88.6 cm³/mol. The first-order valence-electron chi connectivity index (χ1n) is 7.80. The highest BCUT2D eigenvalue weighted by molar-refractivity contribution is 7.92. The van der Waals surface area contributed by atoms with Crippen LogP contribution in [0.15, 0.2) is 18.2 Å². The van der Waals surface area contributed by atoms with Crippen LogP contribution in [0.25, 0.3) is 0 Å². The van der Waals surface area contributed by atoms with E-state index in [1.165, 1.54) is 9.21 Å². The van der Waals surface area contributed by atoms with E-state index in [0.717, 1.165) is 11.8 Å². The van der Waals surface area contributed by atoms with Gasteiger partial charge >= 0.3 is 5.97 Å². The lowest BCUT2D eigenvalue weighted by Crippen LogP contribution is -2.50. The van der Waals surface area contributed by atoms with E-state index >= 15 is 0 Å². The summed E-state index contributed by atoms with van der Waals surface area (Å²) in [5.74, 6) is -1.32. The molecule has 0 saturated carbocycles. The molecular weight excluding hydrogens is 332 g/mol. The number of anilines is 1. The van der Waals surface area contributed by atoms with E-state index in [4.69, 9.17) is 0 Å². The first-order valence-corrected chi connectivity index (χ1v) is 9.65. The zero-order valence-electron chi connectivity index (χ0n) is 13.7. The molecule has 1 fully saturated rings. The molecule has 1 amide bonds. The highest BCUT2D eigenvalue weighted by atomic mass is 32.2. The van der Waals surface area contributed by atoms with E-state index in [0.29, 0.717) is 43.6 Å². The number of hydrogen-bond donors (Lipinski definition) is 1. The molecule has 1 unspecified atom stereocenters. The highest BCUT2D eigenvalue weighted by Crippen LogP contribution is 2.34. The first-order chi connectivity index (χ1) is 11.1.